The summed E-state index contributed by atoms with van der Waals surface area (Å²) in [5.74, 6) is -6.74. The van der Waals surface area contributed by atoms with Gasteiger partial charge in [0.2, 0.25) is 0 Å². The van der Waals surface area contributed by atoms with Crippen molar-refractivity contribution in [2.24, 2.45) is 0 Å². The first-order chi connectivity index (χ1) is 11.7. The Morgan fingerprint density at radius 3 is 1.32 bits per heavy atom. The number of aliphatic hydroxyl groups excluding tert-OH is 5. The Kier molecular flexibility index (Phi) is 20.6. The van der Waals surface area contributed by atoms with Gasteiger partial charge >= 0.3 is 83.0 Å². The Morgan fingerprint density at radius 2 is 1.11 bits per heavy atom. The number of carboxylic acid groups (broad SMARTS) is 4. The maximum atomic E-state index is 10.3. The van der Waals surface area contributed by atoms with Gasteiger partial charge in [-0.05, 0) is 0 Å². The summed E-state index contributed by atoms with van der Waals surface area (Å²) in [7, 11) is 0. The molecular formula is C12H22Na2O14. The normalized spacial score (nSPS) is 14.5. The molecule has 0 aromatic heterocycles. The first-order valence-corrected chi connectivity index (χ1v) is 6.64. The topological polar surface area (TPSA) is 271 Å². The molecule has 0 rings (SSSR count). The van der Waals surface area contributed by atoms with Gasteiger partial charge in [-0.2, -0.15) is 0 Å². The Balaban J connectivity index is -0.000000192. The van der Waals surface area contributed by atoms with Crippen LogP contribution < -0.4 is 0 Å². The predicted octanol–water partition coefficient (Wildman–Crippen LogP) is -6.04. The Hall–Kier alpha value is -0.360. The third-order valence-electron chi connectivity index (χ3n) is 2.79. The van der Waals surface area contributed by atoms with Crippen LogP contribution in [0.3, 0.4) is 0 Å². The first-order valence-electron chi connectivity index (χ1n) is 6.64. The standard InChI is InChI=1S/C6H8O7.C6H12O7.2Na.2H/c7-3(8)1-6(13,5(11)12)2-4(9)10;7-1-2(8)3(9)4(10)5(11)6(12)13;;;;/h13H,1-2H2,(H,7,8)(H,9,10)(H,11,12);2-5,7-11H,1H2,(H,12,13);;;;/t;2-,3-,4+,5-;;;;/m.1..../s1. The molecule has 0 radical (unpaired) electrons. The average Bonchev–Trinajstić information content (AvgIpc) is 2.50. The van der Waals surface area contributed by atoms with E-state index >= 15 is 0 Å². The zero-order chi connectivity index (χ0) is 21.2. The molecule has 0 fully saturated rings. The molecule has 14 nitrogen and oxygen atoms in total. The molecule has 156 valence electrons. The van der Waals surface area contributed by atoms with E-state index in [4.69, 9.17) is 51.1 Å². The summed E-state index contributed by atoms with van der Waals surface area (Å²) in [6.07, 6.45) is -10.1. The van der Waals surface area contributed by atoms with Gasteiger partial charge in [0.1, 0.15) is 18.3 Å². The molecule has 0 amide bonds. The van der Waals surface area contributed by atoms with Gasteiger partial charge in [0.15, 0.2) is 11.7 Å². The van der Waals surface area contributed by atoms with Crippen LogP contribution in [0.2, 0.25) is 0 Å². The molecule has 0 unspecified atom stereocenters. The number of aliphatic hydroxyl groups is 6. The summed E-state index contributed by atoms with van der Waals surface area (Å²) in [6, 6.07) is 0. The Morgan fingerprint density at radius 1 is 0.750 bits per heavy atom. The van der Waals surface area contributed by atoms with Crippen molar-refractivity contribution >= 4 is 83.0 Å². The number of aliphatic carboxylic acids is 4. The fraction of sp³-hybridized carbons (Fsp3) is 0.667. The zero-order valence-electron chi connectivity index (χ0n) is 13.0. The van der Waals surface area contributed by atoms with Crippen LogP contribution in [0.1, 0.15) is 12.8 Å². The number of hydrogen-bond donors (Lipinski definition) is 10. The van der Waals surface area contributed by atoms with E-state index in [9.17, 15) is 19.2 Å². The number of rotatable bonds is 10. The second kappa shape index (κ2) is 16.4. The molecule has 0 aromatic rings. The minimum absolute atomic E-state index is 0. The van der Waals surface area contributed by atoms with Crippen molar-refractivity contribution in [1.82, 2.24) is 0 Å². The summed E-state index contributed by atoms with van der Waals surface area (Å²) in [6.45, 7) is -0.843. The van der Waals surface area contributed by atoms with E-state index < -0.39 is 73.3 Å². The van der Waals surface area contributed by atoms with Crippen molar-refractivity contribution in [3.63, 3.8) is 0 Å². The summed E-state index contributed by atoms with van der Waals surface area (Å²) < 4.78 is 0. The van der Waals surface area contributed by atoms with E-state index in [2.05, 4.69) is 0 Å². The molecule has 0 aliphatic heterocycles. The maximum absolute atomic E-state index is 10.3. The summed E-state index contributed by atoms with van der Waals surface area (Å²) in [5.41, 5.74) is -2.74. The van der Waals surface area contributed by atoms with Gasteiger partial charge in [0, 0.05) is 0 Å². The monoisotopic (exact) mass is 436 g/mol. The van der Waals surface area contributed by atoms with Gasteiger partial charge in [0.05, 0.1) is 19.4 Å². The molecule has 4 atom stereocenters. The van der Waals surface area contributed by atoms with Crippen molar-refractivity contribution in [2.45, 2.75) is 42.9 Å². The van der Waals surface area contributed by atoms with Crippen LogP contribution >= 0.6 is 0 Å². The van der Waals surface area contributed by atoms with Gasteiger partial charge in [-0.15, -0.1) is 0 Å². The third kappa shape index (κ3) is 13.8. The van der Waals surface area contributed by atoms with Crippen LogP contribution in [0.25, 0.3) is 0 Å². The quantitative estimate of drug-likeness (QED) is 0.143. The summed E-state index contributed by atoms with van der Waals surface area (Å²) in [5, 5.41) is 85.6. The molecule has 28 heavy (non-hydrogen) atoms. The molecular weight excluding hydrogens is 414 g/mol. The van der Waals surface area contributed by atoms with E-state index in [-0.39, 0.29) is 59.1 Å². The molecule has 0 aliphatic carbocycles. The number of carboxylic acids is 4. The van der Waals surface area contributed by atoms with E-state index in [1.165, 1.54) is 0 Å². The Bertz CT molecular complexity index is 497. The van der Waals surface area contributed by atoms with Crippen molar-refractivity contribution in [3.8, 4) is 0 Å². The van der Waals surface area contributed by atoms with Crippen molar-refractivity contribution < 1.29 is 70.2 Å². The zero-order valence-corrected chi connectivity index (χ0v) is 13.0. The van der Waals surface area contributed by atoms with E-state index in [1.54, 1.807) is 0 Å². The van der Waals surface area contributed by atoms with Crippen molar-refractivity contribution in [2.75, 3.05) is 6.61 Å². The van der Waals surface area contributed by atoms with E-state index in [0.29, 0.717) is 0 Å². The van der Waals surface area contributed by atoms with E-state index in [1.807, 2.05) is 0 Å². The van der Waals surface area contributed by atoms with Crippen LogP contribution in [0.4, 0.5) is 0 Å². The molecule has 0 bridgehead atoms. The van der Waals surface area contributed by atoms with Gasteiger partial charge in [0.25, 0.3) is 0 Å². The fourth-order valence-corrected chi connectivity index (χ4v) is 1.38. The summed E-state index contributed by atoms with van der Waals surface area (Å²) >= 11 is 0. The van der Waals surface area contributed by atoms with Crippen molar-refractivity contribution in [1.29, 1.82) is 0 Å². The van der Waals surface area contributed by atoms with Crippen LogP contribution in [-0.2, 0) is 19.2 Å². The molecule has 0 saturated carbocycles. The van der Waals surface area contributed by atoms with Crippen LogP contribution in [0.15, 0.2) is 0 Å². The van der Waals surface area contributed by atoms with Crippen LogP contribution in [0.5, 0.6) is 0 Å². The molecule has 0 spiro atoms. The third-order valence-corrected chi connectivity index (χ3v) is 2.79. The SMILES string of the molecule is O=C(O)CC(O)(CC(=O)O)C(=O)O.O=C(O)[C@H](O)[C@@H](O)[C@H](O)[C@H](O)CO.[NaH].[NaH]. The molecule has 10 N–H and O–H groups in total. The van der Waals surface area contributed by atoms with Crippen molar-refractivity contribution in [3.05, 3.63) is 0 Å². The number of hydrogen-bond acceptors (Lipinski definition) is 10. The van der Waals surface area contributed by atoms with Gasteiger partial charge in [-0.1, -0.05) is 0 Å². The molecule has 0 saturated heterocycles. The molecule has 0 aromatic carbocycles. The second-order valence-electron chi connectivity index (χ2n) is 4.99. The van der Waals surface area contributed by atoms with Gasteiger partial charge in [-0.3, -0.25) is 9.59 Å². The van der Waals surface area contributed by atoms with Gasteiger partial charge in [-0.25, -0.2) is 9.59 Å². The molecule has 0 aliphatic rings. The van der Waals surface area contributed by atoms with Gasteiger partial charge < -0.3 is 51.1 Å². The average molecular weight is 436 g/mol. The first kappa shape index (κ1) is 35.1. The summed E-state index contributed by atoms with van der Waals surface area (Å²) in [4.78, 5) is 40.6. The molecule has 16 heteroatoms. The minimum atomic E-state index is -2.74. The number of carbonyl (C=O) groups is 4. The second-order valence-corrected chi connectivity index (χ2v) is 4.99. The predicted molar refractivity (Wildman–Crippen MR) is 90.1 cm³/mol. The van der Waals surface area contributed by atoms with E-state index in [0.717, 1.165) is 0 Å². The molecule has 0 heterocycles. The van der Waals surface area contributed by atoms with Crippen LogP contribution in [-0.4, -0.2) is 171 Å². The van der Waals surface area contributed by atoms with Crippen LogP contribution in [0, 0.1) is 0 Å². The fourth-order valence-electron chi connectivity index (χ4n) is 1.38. The Labute approximate surface area is 201 Å².